The number of aromatic hydroxyl groups is 1. The molecule has 2 aromatic carbocycles. The minimum atomic E-state index is -0.819. The van der Waals surface area contributed by atoms with Gasteiger partial charge in [-0.15, -0.1) is 0 Å². The highest BCUT2D eigenvalue weighted by atomic mass is 16.6. The van der Waals surface area contributed by atoms with Crippen molar-refractivity contribution in [2.24, 2.45) is 7.05 Å². The summed E-state index contributed by atoms with van der Waals surface area (Å²) in [6.45, 7) is 2.01. The highest BCUT2D eigenvalue weighted by Gasteiger charge is 2.20. The number of anilines is 1. The number of nitro benzene ring substituents is 1. The van der Waals surface area contributed by atoms with E-state index in [-0.39, 0.29) is 17.4 Å². The van der Waals surface area contributed by atoms with Gasteiger partial charge in [0.2, 0.25) is 5.76 Å². The maximum atomic E-state index is 12.7. The van der Waals surface area contributed by atoms with Gasteiger partial charge < -0.3 is 14.8 Å². The van der Waals surface area contributed by atoms with Crippen LogP contribution >= 0.6 is 0 Å². The first-order valence-corrected chi connectivity index (χ1v) is 10.7. The first-order chi connectivity index (χ1) is 17.2. The second-order valence-corrected chi connectivity index (χ2v) is 7.89. The van der Waals surface area contributed by atoms with Gasteiger partial charge in [-0.1, -0.05) is 24.3 Å². The predicted molar refractivity (Wildman–Crippen MR) is 129 cm³/mol. The summed E-state index contributed by atoms with van der Waals surface area (Å²) in [7, 11) is 1.84. The Labute approximate surface area is 204 Å². The number of carbonyl (C=O) groups is 2. The molecule has 2 aromatic heterocycles. The number of furan rings is 1. The van der Waals surface area contributed by atoms with Crippen molar-refractivity contribution >= 4 is 23.3 Å². The number of hydrogen-bond donors (Lipinski definition) is 4. The van der Waals surface area contributed by atoms with Crippen molar-refractivity contribution in [2.45, 2.75) is 13.0 Å². The number of benzene rings is 2. The number of rotatable bonds is 7. The number of aromatic nitrogens is 2. The van der Waals surface area contributed by atoms with Crippen LogP contribution in [0.4, 0.5) is 11.5 Å². The largest absolute Gasteiger partial charge is 0.502 e. The fourth-order valence-corrected chi connectivity index (χ4v) is 3.51. The van der Waals surface area contributed by atoms with Crippen LogP contribution in [0.5, 0.6) is 5.75 Å². The molecule has 1 atom stereocenters. The van der Waals surface area contributed by atoms with E-state index in [0.29, 0.717) is 5.56 Å². The van der Waals surface area contributed by atoms with Crippen LogP contribution in [0, 0.1) is 10.1 Å². The minimum Gasteiger partial charge on any atom is -0.502 e. The second kappa shape index (κ2) is 10.0. The molecule has 4 N–H and O–H groups in total. The third kappa shape index (κ3) is 5.17. The highest BCUT2D eigenvalue weighted by molar-refractivity contribution is 6.01. The van der Waals surface area contributed by atoms with Crippen molar-refractivity contribution in [1.29, 1.82) is 0 Å². The Morgan fingerprint density at radius 3 is 2.47 bits per heavy atom. The molecule has 0 radical (unpaired) electrons. The zero-order valence-electron chi connectivity index (χ0n) is 19.3. The molecule has 36 heavy (non-hydrogen) atoms. The number of phenolic OH excluding ortho intramolecular Hbond substituents is 1. The molecule has 0 saturated heterocycles. The molecule has 0 aliphatic carbocycles. The van der Waals surface area contributed by atoms with Crippen LogP contribution in [0.15, 0.2) is 71.5 Å². The predicted octanol–water partition coefficient (Wildman–Crippen LogP) is 3.54. The van der Waals surface area contributed by atoms with Crippen LogP contribution in [-0.4, -0.2) is 31.6 Å². The summed E-state index contributed by atoms with van der Waals surface area (Å²) in [6, 6.07) is 14.2. The van der Waals surface area contributed by atoms with Gasteiger partial charge in [-0.05, 0) is 36.2 Å². The minimum absolute atomic E-state index is 0.00740. The molecule has 4 aromatic rings. The Hall–Kier alpha value is -5.13. The van der Waals surface area contributed by atoms with E-state index in [1.54, 1.807) is 10.7 Å². The summed E-state index contributed by atoms with van der Waals surface area (Å²) in [4.78, 5) is 35.1. The normalized spacial score (nSPS) is 11.5. The molecule has 0 aliphatic heterocycles. The van der Waals surface area contributed by atoms with Crippen molar-refractivity contribution in [3.05, 3.63) is 94.1 Å². The highest BCUT2D eigenvalue weighted by Crippen LogP contribution is 2.28. The van der Waals surface area contributed by atoms with Gasteiger partial charge in [0.25, 0.3) is 5.91 Å². The maximum Gasteiger partial charge on any atom is 0.311 e. The van der Waals surface area contributed by atoms with Crippen LogP contribution in [0.2, 0.25) is 0 Å². The number of hydrogen-bond acceptors (Lipinski definition) is 8. The van der Waals surface area contributed by atoms with Gasteiger partial charge in [-0.2, -0.15) is 5.10 Å². The zero-order valence-corrected chi connectivity index (χ0v) is 19.3. The second-order valence-electron chi connectivity index (χ2n) is 7.89. The van der Waals surface area contributed by atoms with E-state index < -0.39 is 28.2 Å². The van der Waals surface area contributed by atoms with Crippen molar-refractivity contribution < 1.29 is 24.0 Å². The molecular formula is C24H22N6O6. The van der Waals surface area contributed by atoms with Gasteiger partial charge >= 0.3 is 11.6 Å². The molecule has 4 rings (SSSR count). The molecule has 0 bridgehead atoms. The molecule has 0 fully saturated rings. The van der Waals surface area contributed by atoms with E-state index in [4.69, 9.17) is 4.42 Å². The number of carbonyl (C=O) groups excluding carboxylic acids is 2. The molecule has 0 aliphatic rings. The lowest BCUT2D eigenvalue weighted by molar-refractivity contribution is -0.385. The standard InChI is InChI=1S/C24H22N6O6/c1-14(25-21-9-11-29(2)28-21)15-3-5-16(6-4-15)18-10-12-36-22(18)24(33)27-26-23(32)17-7-8-20(31)19(13-17)30(34)35/h3-14,31H,1-2H3,(H,25,28)(H,26,32)(H,27,33). The van der Waals surface area contributed by atoms with Gasteiger partial charge in [0.1, 0.15) is 5.82 Å². The van der Waals surface area contributed by atoms with E-state index >= 15 is 0 Å². The molecule has 2 amide bonds. The lowest BCUT2D eigenvalue weighted by atomic mass is 10.0. The van der Waals surface area contributed by atoms with E-state index in [1.807, 2.05) is 50.5 Å². The number of amides is 2. The number of nitro groups is 1. The topological polar surface area (TPSA) is 165 Å². The van der Waals surface area contributed by atoms with Gasteiger partial charge in [0, 0.05) is 42.5 Å². The van der Waals surface area contributed by atoms with E-state index in [0.717, 1.165) is 29.1 Å². The van der Waals surface area contributed by atoms with Crippen molar-refractivity contribution in [1.82, 2.24) is 20.6 Å². The number of aryl methyl sites for hydroxylation is 1. The van der Waals surface area contributed by atoms with Crippen LogP contribution < -0.4 is 16.2 Å². The molecular weight excluding hydrogens is 468 g/mol. The summed E-state index contributed by atoms with van der Waals surface area (Å²) in [6.07, 6.45) is 3.20. The van der Waals surface area contributed by atoms with Gasteiger partial charge in [0.05, 0.1) is 11.2 Å². The van der Waals surface area contributed by atoms with Crippen molar-refractivity contribution in [2.75, 3.05) is 5.32 Å². The Bertz CT molecular complexity index is 1430. The number of hydrazine groups is 1. The summed E-state index contributed by atoms with van der Waals surface area (Å²) in [5.74, 6) is -1.37. The SMILES string of the molecule is CC(Nc1ccn(C)n1)c1ccc(-c2ccoc2C(=O)NNC(=O)c2ccc(O)c([N+](=O)[O-])c2)cc1. The third-order valence-corrected chi connectivity index (χ3v) is 5.40. The monoisotopic (exact) mass is 490 g/mol. The fourth-order valence-electron chi connectivity index (χ4n) is 3.51. The van der Waals surface area contributed by atoms with E-state index in [2.05, 4.69) is 21.3 Å². The van der Waals surface area contributed by atoms with E-state index in [9.17, 15) is 24.8 Å². The molecule has 12 heteroatoms. The smallest absolute Gasteiger partial charge is 0.311 e. The molecule has 1 unspecified atom stereocenters. The summed E-state index contributed by atoms with van der Waals surface area (Å²) in [5.41, 5.74) is 5.91. The van der Waals surface area contributed by atoms with Crippen molar-refractivity contribution in [3.8, 4) is 16.9 Å². The molecule has 12 nitrogen and oxygen atoms in total. The van der Waals surface area contributed by atoms with E-state index in [1.165, 1.54) is 12.3 Å². The Morgan fingerprint density at radius 1 is 1.08 bits per heavy atom. The zero-order chi connectivity index (χ0) is 25.8. The molecule has 2 heterocycles. The Morgan fingerprint density at radius 2 is 1.81 bits per heavy atom. The quantitative estimate of drug-likeness (QED) is 0.226. The Balaban J connectivity index is 1.42. The first kappa shape index (κ1) is 24.0. The third-order valence-electron chi connectivity index (χ3n) is 5.40. The Kier molecular flexibility index (Phi) is 6.68. The van der Waals surface area contributed by atoms with Crippen LogP contribution in [0.1, 0.15) is 39.4 Å². The van der Waals surface area contributed by atoms with Gasteiger partial charge in [-0.3, -0.25) is 35.2 Å². The number of phenols is 1. The van der Waals surface area contributed by atoms with Gasteiger partial charge in [0.15, 0.2) is 5.75 Å². The average molecular weight is 490 g/mol. The average Bonchev–Trinajstić information content (AvgIpc) is 3.51. The number of nitrogens with one attached hydrogen (secondary N) is 3. The molecule has 0 saturated carbocycles. The molecule has 184 valence electrons. The summed E-state index contributed by atoms with van der Waals surface area (Å²) in [5, 5.41) is 28.1. The lowest BCUT2D eigenvalue weighted by Crippen LogP contribution is -2.41. The van der Waals surface area contributed by atoms with Gasteiger partial charge in [-0.25, -0.2) is 0 Å². The first-order valence-electron chi connectivity index (χ1n) is 10.7. The van der Waals surface area contributed by atoms with Crippen LogP contribution in [-0.2, 0) is 7.05 Å². The van der Waals surface area contributed by atoms with Crippen molar-refractivity contribution in [3.63, 3.8) is 0 Å². The summed E-state index contributed by atoms with van der Waals surface area (Å²) >= 11 is 0. The lowest BCUT2D eigenvalue weighted by Gasteiger charge is -2.14. The number of nitrogens with zero attached hydrogens (tertiary/aromatic N) is 3. The summed E-state index contributed by atoms with van der Waals surface area (Å²) < 4.78 is 7.04. The molecule has 0 spiro atoms. The van der Waals surface area contributed by atoms with Crippen LogP contribution in [0.3, 0.4) is 0 Å². The van der Waals surface area contributed by atoms with Crippen LogP contribution in [0.25, 0.3) is 11.1 Å². The fraction of sp³-hybridized carbons (Fsp3) is 0.125. The maximum absolute atomic E-state index is 12.7.